The molecule has 0 aromatic rings. The lowest BCUT2D eigenvalue weighted by molar-refractivity contribution is -0.131. The van der Waals surface area contributed by atoms with Gasteiger partial charge in [-0.15, -0.1) is 0 Å². The summed E-state index contributed by atoms with van der Waals surface area (Å²) in [5.41, 5.74) is 5.36. The van der Waals surface area contributed by atoms with E-state index in [1.165, 1.54) is 0 Å². The molecule has 1 rings (SSSR count). The van der Waals surface area contributed by atoms with Gasteiger partial charge in [0.05, 0.1) is 6.10 Å². The second kappa shape index (κ2) is 4.49. The summed E-state index contributed by atoms with van der Waals surface area (Å²) in [4.78, 5) is 13.6. The SMILES string of the molecule is CC(O)C1CCN(C(=O)CC(C)(C)N)C1. The van der Waals surface area contributed by atoms with Crippen LogP contribution < -0.4 is 5.73 Å². The Morgan fingerprint density at radius 1 is 1.67 bits per heavy atom. The summed E-state index contributed by atoms with van der Waals surface area (Å²) in [5.74, 6) is 0.334. The minimum absolute atomic E-state index is 0.102. The number of carbonyl (C=O) groups excluding carboxylic acids is 1. The highest BCUT2D eigenvalue weighted by molar-refractivity contribution is 5.77. The molecule has 1 heterocycles. The Labute approximate surface area is 91.4 Å². The van der Waals surface area contributed by atoms with Crippen molar-refractivity contribution in [3.63, 3.8) is 0 Å². The summed E-state index contributed by atoms with van der Waals surface area (Å²) >= 11 is 0. The molecule has 88 valence electrons. The van der Waals surface area contributed by atoms with Gasteiger partial charge < -0.3 is 15.7 Å². The van der Waals surface area contributed by atoms with Gasteiger partial charge in [0.15, 0.2) is 0 Å². The third-order valence-electron chi connectivity index (χ3n) is 2.87. The van der Waals surface area contributed by atoms with Crippen LogP contribution in [0.15, 0.2) is 0 Å². The standard InChI is InChI=1S/C11H22N2O2/c1-8(14)9-4-5-13(7-9)10(15)6-11(2,3)12/h8-9,14H,4-7,12H2,1-3H3. The van der Waals surface area contributed by atoms with Gasteiger partial charge in [-0.25, -0.2) is 0 Å². The van der Waals surface area contributed by atoms with Gasteiger partial charge in [-0.05, 0) is 27.2 Å². The minimum atomic E-state index is -0.444. The molecule has 0 aromatic carbocycles. The van der Waals surface area contributed by atoms with Crippen LogP contribution in [-0.4, -0.2) is 40.6 Å². The highest BCUT2D eigenvalue weighted by Crippen LogP contribution is 2.21. The van der Waals surface area contributed by atoms with Crippen LogP contribution in [0.5, 0.6) is 0 Å². The first kappa shape index (κ1) is 12.5. The lowest BCUT2D eigenvalue weighted by atomic mass is 10.0. The first-order chi connectivity index (χ1) is 6.79. The van der Waals surface area contributed by atoms with Gasteiger partial charge in [0, 0.05) is 31.0 Å². The molecule has 1 aliphatic heterocycles. The normalized spacial score (nSPS) is 24.3. The van der Waals surface area contributed by atoms with Gasteiger partial charge in [0.1, 0.15) is 0 Å². The number of amides is 1. The van der Waals surface area contributed by atoms with Crippen LogP contribution in [0.25, 0.3) is 0 Å². The van der Waals surface area contributed by atoms with Crippen LogP contribution in [0.3, 0.4) is 0 Å². The number of rotatable bonds is 3. The molecule has 0 bridgehead atoms. The van der Waals surface area contributed by atoms with Gasteiger partial charge in [0.25, 0.3) is 0 Å². The smallest absolute Gasteiger partial charge is 0.224 e. The zero-order valence-corrected chi connectivity index (χ0v) is 9.86. The van der Waals surface area contributed by atoms with Crippen molar-refractivity contribution in [1.82, 2.24) is 4.90 Å². The number of hydrogen-bond acceptors (Lipinski definition) is 3. The van der Waals surface area contributed by atoms with Crippen LogP contribution in [0.1, 0.15) is 33.6 Å². The molecule has 15 heavy (non-hydrogen) atoms. The number of hydrogen-bond donors (Lipinski definition) is 2. The number of nitrogens with two attached hydrogens (primary N) is 1. The van der Waals surface area contributed by atoms with Crippen molar-refractivity contribution in [3.05, 3.63) is 0 Å². The minimum Gasteiger partial charge on any atom is -0.393 e. The third-order valence-corrected chi connectivity index (χ3v) is 2.87. The number of aliphatic hydroxyl groups excluding tert-OH is 1. The van der Waals surface area contributed by atoms with Crippen molar-refractivity contribution in [3.8, 4) is 0 Å². The summed E-state index contributed by atoms with van der Waals surface area (Å²) < 4.78 is 0. The highest BCUT2D eigenvalue weighted by atomic mass is 16.3. The molecule has 2 unspecified atom stereocenters. The van der Waals surface area contributed by atoms with E-state index in [1.807, 2.05) is 18.7 Å². The topological polar surface area (TPSA) is 66.6 Å². The first-order valence-electron chi connectivity index (χ1n) is 5.54. The van der Waals surface area contributed by atoms with Crippen LogP contribution in [0.2, 0.25) is 0 Å². The van der Waals surface area contributed by atoms with E-state index >= 15 is 0 Å². The molecule has 3 N–H and O–H groups in total. The Hall–Kier alpha value is -0.610. The van der Waals surface area contributed by atoms with E-state index in [9.17, 15) is 9.90 Å². The van der Waals surface area contributed by atoms with Crippen molar-refractivity contribution in [2.45, 2.75) is 45.3 Å². The first-order valence-corrected chi connectivity index (χ1v) is 5.54. The second-order valence-corrected chi connectivity index (χ2v) is 5.29. The molecule has 1 saturated heterocycles. The Bertz CT molecular complexity index is 233. The van der Waals surface area contributed by atoms with E-state index in [0.717, 1.165) is 13.0 Å². The second-order valence-electron chi connectivity index (χ2n) is 5.29. The van der Waals surface area contributed by atoms with Gasteiger partial charge in [0.2, 0.25) is 5.91 Å². The Morgan fingerprint density at radius 2 is 2.27 bits per heavy atom. The molecule has 1 aliphatic rings. The average Bonchev–Trinajstić information content (AvgIpc) is 2.47. The van der Waals surface area contributed by atoms with Crippen molar-refractivity contribution >= 4 is 5.91 Å². The number of nitrogens with zero attached hydrogens (tertiary/aromatic N) is 1. The van der Waals surface area contributed by atoms with E-state index in [2.05, 4.69) is 0 Å². The molecular formula is C11H22N2O2. The van der Waals surface area contributed by atoms with Crippen molar-refractivity contribution in [2.75, 3.05) is 13.1 Å². The number of likely N-dealkylation sites (tertiary alicyclic amines) is 1. The molecule has 4 nitrogen and oxygen atoms in total. The van der Waals surface area contributed by atoms with E-state index in [0.29, 0.717) is 13.0 Å². The van der Waals surface area contributed by atoms with Gasteiger partial charge in [-0.3, -0.25) is 4.79 Å². The van der Waals surface area contributed by atoms with E-state index in [1.54, 1.807) is 6.92 Å². The maximum Gasteiger partial charge on any atom is 0.224 e. The molecule has 1 fully saturated rings. The van der Waals surface area contributed by atoms with Gasteiger partial charge in [-0.2, -0.15) is 0 Å². The summed E-state index contributed by atoms with van der Waals surface area (Å²) in [5, 5.41) is 9.42. The van der Waals surface area contributed by atoms with Crippen LogP contribution in [0.4, 0.5) is 0 Å². The number of aliphatic hydroxyl groups is 1. The van der Waals surface area contributed by atoms with Crippen LogP contribution in [-0.2, 0) is 4.79 Å². The quantitative estimate of drug-likeness (QED) is 0.712. The average molecular weight is 214 g/mol. The van der Waals surface area contributed by atoms with Crippen LogP contribution in [0, 0.1) is 5.92 Å². The maximum atomic E-state index is 11.8. The zero-order chi connectivity index (χ0) is 11.6. The molecule has 0 spiro atoms. The summed E-state index contributed by atoms with van der Waals surface area (Å²) in [6.07, 6.45) is 0.946. The van der Waals surface area contributed by atoms with Crippen molar-refractivity contribution in [1.29, 1.82) is 0 Å². The Kier molecular flexibility index (Phi) is 3.73. The van der Waals surface area contributed by atoms with E-state index in [-0.39, 0.29) is 17.9 Å². The fourth-order valence-electron chi connectivity index (χ4n) is 1.91. The monoisotopic (exact) mass is 214 g/mol. The van der Waals surface area contributed by atoms with Crippen molar-refractivity contribution in [2.24, 2.45) is 11.7 Å². The lowest BCUT2D eigenvalue weighted by Crippen LogP contribution is -2.40. The highest BCUT2D eigenvalue weighted by Gasteiger charge is 2.30. The Balaban J connectivity index is 2.44. The van der Waals surface area contributed by atoms with E-state index < -0.39 is 5.54 Å². The predicted molar refractivity (Wildman–Crippen MR) is 59.3 cm³/mol. The summed E-state index contributed by atoms with van der Waals surface area (Å²) in [6, 6.07) is 0. The van der Waals surface area contributed by atoms with Gasteiger partial charge >= 0.3 is 0 Å². The zero-order valence-electron chi connectivity index (χ0n) is 9.86. The van der Waals surface area contributed by atoms with E-state index in [4.69, 9.17) is 5.73 Å². The molecule has 0 radical (unpaired) electrons. The molecule has 0 aromatic heterocycles. The molecular weight excluding hydrogens is 192 g/mol. The summed E-state index contributed by atoms with van der Waals surface area (Å²) in [7, 11) is 0. The summed E-state index contributed by atoms with van der Waals surface area (Å²) in [6.45, 7) is 6.92. The van der Waals surface area contributed by atoms with Crippen LogP contribution >= 0.6 is 0 Å². The predicted octanol–water partition coefficient (Wildman–Crippen LogP) is 0.343. The van der Waals surface area contributed by atoms with Gasteiger partial charge in [-0.1, -0.05) is 0 Å². The number of carbonyl (C=O) groups is 1. The fourth-order valence-corrected chi connectivity index (χ4v) is 1.91. The van der Waals surface area contributed by atoms with Crippen molar-refractivity contribution < 1.29 is 9.90 Å². The lowest BCUT2D eigenvalue weighted by Gasteiger charge is -2.23. The molecule has 0 aliphatic carbocycles. The largest absolute Gasteiger partial charge is 0.393 e. The molecule has 2 atom stereocenters. The molecule has 4 heteroatoms. The maximum absolute atomic E-state index is 11.8. The fraction of sp³-hybridized carbons (Fsp3) is 0.909. The Morgan fingerprint density at radius 3 is 2.67 bits per heavy atom. The molecule has 0 saturated carbocycles. The third kappa shape index (κ3) is 3.80. The molecule has 1 amide bonds.